The Morgan fingerprint density at radius 1 is 0.878 bits per heavy atom. The van der Waals surface area contributed by atoms with Crippen LogP contribution in [-0.4, -0.2) is 72.3 Å². The summed E-state index contributed by atoms with van der Waals surface area (Å²) in [4.78, 5) is 4.51. The number of nitriles is 1. The van der Waals surface area contributed by atoms with Crippen molar-refractivity contribution in [1.82, 2.24) is 19.7 Å². The Morgan fingerprint density at radius 2 is 1.59 bits per heavy atom. The van der Waals surface area contributed by atoms with Crippen molar-refractivity contribution in [3.63, 3.8) is 0 Å². The van der Waals surface area contributed by atoms with E-state index in [0.29, 0.717) is 66.9 Å². The molecular weight excluding hydrogens is 559 g/mol. The van der Waals surface area contributed by atoms with E-state index in [1.165, 1.54) is 5.57 Å². The summed E-state index contributed by atoms with van der Waals surface area (Å²) in [6.45, 7) is 5.55. The van der Waals surface area contributed by atoms with Crippen LogP contribution < -0.4 is 4.90 Å². The third-order valence-electron chi connectivity index (χ3n) is 7.53. The molecule has 0 spiro atoms. The lowest BCUT2D eigenvalue weighted by atomic mass is 10.1. The molecule has 10 heteroatoms. The molecule has 0 atom stereocenters. The highest BCUT2D eigenvalue weighted by Crippen LogP contribution is 2.39. The molecule has 41 heavy (non-hydrogen) atoms. The standard InChI is InChI=1S/C31H30Cl2N6O2/c32-26-9-8-22(28(33)20-26)18-23-6-7-24(29(23)37-10-14-40-15-11-37)19-25(21-34)30-35-36-31(38-12-16-41-17-13-38)39(30)27-4-2-1-3-5-27/h1-5,8-9,18-20H,6-7,10-17H2. The Labute approximate surface area is 249 Å². The predicted octanol–water partition coefficient (Wildman–Crippen LogP) is 5.78. The smallest absolute Gasteiger partial charge is 0.232 e. The molecule has 210 valence electrons. The largest absolute Gasteiger partial charge is 0.378 e. The molecule has 3 aromatic rings. The van der Waals surface area contributed by atoms with Crippen molar-refractivity contribution < 1.29 is 9.47 Å². The molecule has 3 heterocycles. The van der Waals surface area contributed by atoms with Crippen LogP contribution in [0.4, 0.5) is 5.95 Å². The van der Waals surface area contributed by atoms with Gasteiger partial charge in [0.05, 0.1) is 37.7 Å². The number of nitrogens with zero attached hydrogens (tertiary/aromatic N) is 6. The molecule has 2 aliphatic heterocycles. The van der Waals surface area contributed by atoms with Gasteiger partial charge in [-0.25, -0.2) is 0 Å². The Hall–Kier alpha value is -3.61. The van der Waals surface area contributed by atoms with Gasteiger partial charge in [0.1, 0.15) is 6.07 Å². The summed E-state index contributed by atoms with van der Waals surface area (Å²) in [6.07, 6.45) is 5.76. The number of ether oxygens (including phenoxy) is 2. The minimum Gasteiger partial charge on any atom is -0.378 e. The Bertz CT molecular complexity index is 1540. The summed E-state index contributed by atoms with van der Waals surface area (Å²) in [5.74, 6) is 1.23. The molecule has 2 saturated heterocycles. The minimum absolute atomic E-state index is 0.465. The van der Waals surface area contributed by atoms with Gasteiger partial charge in [-0.05, 0) is 66.0 Å². The summed E-state index contributed by atoms with van der Waals surface area (Å²) in [6, 6.07) is 17.9. The van der Waals surface area contributed by atoms with Crippen LogP contribution in [0.25, 0.3) is 17.3 Å². The molecule has 1 aliphatic carbocycles. The van der Waals surface area contributed by atoms with Gasteiger partial charge >= 0.3 is 0 Å². The molecule has 8 nitrogen and oxygen atoms in total. The molecule has 0 amide bonds. The first-order valence-corrected chi connectivity index (χ1v) is 14.6. The number of allylic oxidation sites excluding steroid dienone is 4. The van der Waals surface area contributed by atoms with Gasteiger partial charge in [0.25, 0.3) is 0 Å². The van der Waals surface area contributed by atoms with E-state index in [-0.39, 0.29) is 0 Å². The molecule has 6 rings (SSSR count). The van der Waals surface area contributed by atoms with Gasteiger partial charge in [0.2, 0.25) is 5.95 Å². The first-order chi connectivity index (χ1) is 20.1. The summed E-state index contributed by atoms with van der Waals surface area (Å²) < 4.78 is 13.2. The van der Waals surface area contributed by atoms with Crippen LogP contribution in [0, 0.1) is 11.3 Å². The number of halogens is 2. The second kappa shape index (κ2) is 12.5. The Morgan fingerprint density at radius 3 is 2.27 bits per heavy atom. The molecule has 0 unspecified atom stereocenters. The third-order valence-corrected chi connectivity index (χ3v) is 8.09. The van der Waals surface area contributed by atoms with Gasteiger partial charge in [-0.2, -0.15) is 5.26 Å². The first kappa shape index (κ1) is 27.6. The average Bonchev–Trinajstić information content (AvgIpc) is 3.63. The zero-order chi connectivity index (χ0) is 28.2. The van der Waals surface area contributed by atoms with Crippen molar-refractivity contribution in [2.24, 2.45) is 0 Å². The van der Waals surface area contributed by atoms with Crippen molar-refractivity contribution in [1.29, 1.82) is 5.26 Å². The predicted molar refractivity (Wildman–Crippen MR) is 161 cm³/mol. The summed E-state index contributed by atoms with van der Waals surface area (Å²) in [7, 11) is 0. The summed E-state index contributed by atoms with van der Waals surface area (Å²) in [5, 5.41) is 20.8. The number of rotatable bonds is 6. The molecular formula is C31H30Cl2N6O2. The van der Waals surface area contributed by atoms with Gasteiger partial charge < -0.3 is 19.3 Å². The summed E-state index contributed by atoms with van der Waals surface area (Å²) in [5.41, 5.74) is 5.69. The number of hydrogen-bond donors (Lipinski definition) is 0. The van der Waals surface area contributed by atoms with Crippen molar-refractivity contribution in [3.05, 3.63) is 92.9 Å². The zero-order valence-corrected chi connectivity index (χ0v) is 24.1. The molecule has 0 saturated carbocycles. The maximum absolute atomic E-state index is 10.5. The normalized spacial score (nSPS) is 19.2. The van der Waals surface area contributed by atoms with E-state index in [1.54, 1.807) is 6.07 Å². The summed E-state index contributed by atoms with van der Waals surface area (Å²) >= 11 is 12.7. The van der Waals surface area contributed by atoms with E-state index in [9.17, 15) is 5.26 Å². The molecule has 0 bridgehead atoms. The van der Waals surface area contributed by atoms with Crippen LogP contribution in [0.5, 0.6) is 0 Å². The van der Waals surface area contributed by atoms with Crippen LogP contribution in [0.1, 0.15) is 24.2 Å². The van der Waals surface area contributed by atoms with Crippen LogP contribution in [0.2, 0.25) is 10.0 Å². The quantitative estimate of drug-likeness (QED) is 0.337. The van der Waals surface area contributed by atoms with E-state index in [0.717, 1.165) is 48.5 Å². The fourth-order valence-electron chi connectivity index (χ4n) is 5.55. The van der Waals surface area contributed by atoms with E-state index in [4.69, 9.17) is 32.7 Å². The zero-order valence-electron chi connectivity index (χ0n) is 22.6. The highest BCUT2D eigenvalue weighted by molar-refractivity contribution is 6.35. The van der Waals surface area contributed by atoms with Crippen LogP contribution in [0.15, 0.2) is 71.5 Å². The van der Waals surface area contributed by atoms with E-state index >= 15 is 0 Å². The molecule has 2 aromatic carbocycles. The third kappa shape index (κ3) is 5.90. The van der Waals surface area contributed by atoms with E-state index in [1.807, 2.05) is 53.1 Å². The number of aromatic nitrogens is 3. The van der Waals surface area contributed by atoms with E-state index in [2.05, 4.69) is 32.1 Å². The van der Waals surface area contributed by atoms with Crippen molar-refractivity contribution in [2.75, 3.05) is 57.5 Å². The highest BCUT2D eigenvalue weighted by atomic mass is 35.5. The van der Waals surface area contributed by atoms with Gasteiger partial charge in [-0.1, -0.05) is 47.5 Å². The average molecular weight is 590 g/mol. The number of anilines is 1. The van der Waals surface area contributed by atoms with Gasteiger partial charge in [0, 0.05) is 41.9 Å². The SMILES string of the molecule is N#CC(=CC1=C(N2CCOCC2)C(=Cc2ccc(Cl)cc2Cl)CC1)c1nnc(N2CCOCC2)n1-c1ccccc1. The second-order valence-electron chi connectivity index (χ2n) is 10.1. The highest BCUT2D eigenvalue weighted by Gasteiger charge is 2.28. The van der Waals surface area contributed by atoms with Crippen molar-refractivity contribution in [3.8, 4) is 11.8 Å². The molecule has 2 fully saturated rings. The number of morpholine rings is 2. The van der Waals surface area contributed by atoms with Gasteiger partial charge in [-0.15, -0.1) is 10.2 Å². The first-order valence-electron chi connectivity index (χ1n) is 13.8. The maximum atomic E-state index is 10.5. The van der Waals surface area contributed by atoms with E-state index < -0.39 is 0 Å². The van der Waals surface area contributed by atoms with Crippen LogP contribution in [-0.2, 0) is 9.47 Å². The second-order valence-corrected chi connectivity index (χ2v) is 10.9. The number of para-hydroxylation sites is 1. The lowest BCUT2D eigenvalue weighted by Gasteiger charge is -2.31. The molecule has 3 aliphatic rings. The number of benzene rings is 2. The molecule has 0 radical (unpaired) electrons. The lowest BCUT2D eigenvalue weighted by Crippen LogP contribution is -2.38. The Balaban J connectivity index is 1.46. The Kier molecular flexibility index (Phi) is 8.40. The maximum Gasteiger partial charge on any atom is 0.232 e. The van der Waals surface area contributed by atoms with Crippen LogP contribution in [0.3, 0.4) is 0 Å². The molecule has 1 aromatic heterocycles. The van der Waals surface area contributed by atoms with Crippen molar-refractivity contribution >= 4 is 40.8 Å². The monoisotopic (exact) mass is 588 g/mol. The minimum atomic E-state index is 0.465. The van der Waals surface area contributed by atoms with Gasteiger partial charge in [0.15, 0.2) is 5.82 Å². The van der Waals surface area contributed by atoms with Gasteiger partial charge in [-0.3, -0.25) is 4.57 Å². The number of hydrogen-bond acceptors (Lipinski definition) is 7. The lowest BCUT2D eigenvalue weighted by molar-refractivity contribution is 0.0547. The fourth-order valence-corrected chi connectivity index (χ4v) is 6.01. The van der Waals surface area contributed by atoms with Crippen LogP contribution >= 0.6 is 23.2 Å². The molecule has 0 N–H and O–H groups in total. The topological polar surface area (TPSA) is 79.4 Å². The van der Waals surface area contributed by atoms with Crippen molar-refractivity contribution in [2.45, 2.75) is 12.8 Å². The fraction of sp³-hybridized carbons (Fsp3) is 0.323.